The molecule has 5 aromatic carbocycles. The minimum atomic E-state index is -4.53. The average Bonchev–Trinajstić information content (AvgIpc) is 3.76. The molecule has 0 saturated heterocycles. The van der Waals surface area contributed by atoms with E-state index < -0.39 is 17.6 Å². The fraction of sp³-hybridized carbons (Fsp3) is 0.0303. The molecule has 2 aromatic heterocycles. The number of rotatable bonds is 5. The van der Waals surface area contributed by atoms with Gasteiger partial charge in [-0.25, -0.2) is 8.78 Å². The summed E-state index contributed by atoms with van der Waals surface area (Å²) in [4.78, 5) is 0. The molecule has 0 bridgehead atoms. The maximum absolute atomic E-state index is 14.2. The lowest BCUT2D eigenvalue weighted by molar-refractivity contribution is -0.137. The van der Waals surface area contributed by atoms with Crippen LogP contribution < -0.4 is 0 Å². The Balaban J connectivity index is 0.000000177. The first-order valence-corrected chi connectivity index (χ1v) is 14.9. The van der Waals surface area contributed by atoms with Crippen molar-refractivity contribution >= 4 is 22.6 Å². The van der Waals surface area contributed by atoms with Crippen molar-refractivity contribution in [1.82, 2.24) is 40.4 Å². The van der Waals surface area contributed by atoms with Gasteiger partial charge in [-0.3, -0.25) is 0 Å². The predicted octanol–water partition coefficient (Wildman–Crippen LogP) is 8.23. The van der Waals surface area contributed by atoms with Crippen molar-refractivity contribution in [3.05, 3.63) is 142 Å². The van der Waals surface area contributed by atoms with Gasteiger partial charge in [0.25, 0.3) is 0 Å². The molecule has 0 atom stereocenters. The van der Waals surface area contributed by atoms with Gasteiger partial charge < -0.3 is 0 Å². The quantitative estimate of drug-likeness (QED) is 0.130. The Morgan fingerprint density at radius 2 is 0.915 bits per heavy atom. The highest BCUT2D eigenvalue weighted by molar-refractivity contribution is 14.1. The van der Waals surface area contributed by atoms with Gasteiger partial charge in [-0.2, -0.15) is 22.5 Å². The smallest absolute Gasteiger partial charge is 0.205 e. The Morgan fingerprint density at radius 3 is 1.45 bits per heavy atom. The lowest BCUT2D eigenvalue weighted by Gasteiger charge is -2.15. The molecular formula is C33H20F5IN8. The molecule has 2 heterocycles. The summed E-state index contributed by atoms with van der Waals surface area (Å²) in [5.41, 5.74) is 1.18. The molecule has 0 N–H and O–H groups in total. The van der Waals surface area contributed by atoms with Crippen LogP contribution in [0.3, 0.4) is 0 Å². The lowest BCUT2D eigenvalue weighted by Crippen LogP contribution is -2.08. The van der Waals surface area contributed by atoms with E-state index in [1.165, 1.54) is 51.8 Å². The van der Waals surface area contributed by atoms with Gasteiger partial charge in [-0.05, 0) is 91.0 Å². The van der Waals surface area contributed by atoms with Crippen molar-refractivity contribution < 1.29 is 22.0 Å². The molecule has 8 nitrogen and oxygen atoms in total. The van der Waals surface area contributed by atoms with E-state index in [0.29, 0.717) is 22.6 Å². The number of hydrogen-bond acceptors (Lipinski definition) is 6. The number of para-hydroxylation sites is 2. The number of halogens is 6. The van der Waals surface area contributed by atoms with Crippen LogP contribution in [-0.2, 0) is 6.18 Å². The zero-order chi connectivity index (χ0) is 33.0. The molecule has 0 aliphatic rings. The SMILES string of the molecule is Fc1ccccc1-n1nnnc1-c1ccccc1-c1ccccc1C(F)(F)F.Fc1ccccc1-n1nnnc1-c1ccccc1I. The molecule has 0 unspecified atom stereocenters. The number of benzene rings is 5. The number of hydrogen-bond donors (Lipinski definition) is 0. The molecule has 234 valence electrons. The monoisotopic (exact) mass is 750 g/mol. The van der Waals surface area contributed by atoms with Crippen LogP contribution in [-0.4, -0.2) is 40.4 Å². The largest absolute Gasteiger partial charge is 0.417 e. The van der Waals surface area contributed by atoms with Crippen molar-refractivity contribution in [2.45, 2.75) is 6.18 Å². The Kier molecular flexibility index (Phi) is 9.10. The van der Waals surface area contributed by atoms with E-state index in [4.69, 9.17) is 0 Å². The summed E-state index contributed by atoms with van der Waals surface area (Å²) in [5.74, 6) is -0.251. The van der Waals surface area contributed by atoms with E-state index >= 15 is 0 Å². The van der Waals surface area contributed by atoms with Crippen molar-refractivity contribution in [1.29, 1.82) is 0 Å². The average molecular weight is 750 g/mol. The lowest BCUT2D eigenvalue weighted by atomic mass is 9.94. The Morgan fingerprint density at radius 1 is 0.489 bits per heavy atom. The van der Waals surface area contributed by atoms with E-state index in [1.807, 2.05) is 24.3 Å². The highest BCUT2D eigenvalue weighted by Crippen LogP contribution is 2.40. The van der Waals surface area contributed by atoms with Crippen LogP contribution in [0.25, 0.3) is 45.3 Å². The molecule has 0 radical (unpaired) electrons. The summed E-state index contributed by atoms with van der Waals surface area (Å²) in [5, 5.41) is 22.9. The summed E-state index contributed by atoms with van der Waals surface area (Å²) in [6.07, 6.45) is -4.53. The summed E-state index contributed by atoms with van der Waals surface area (Å²) >= 11 is 2.20. The summed E-state index contributed by atoms with van der Waals surface area (Å²) in [6, 6.07) is 31.7. The number of tetrazole rings is 2. The van der Waals surface area contributed by atoms with Gasteiger partial charge in [-0.15, -0.1) is 10.2 Å². The van der Waals surface area contributed by atoms with E-state index in [-0.39, 0.29) is 22.9 Å². The van der Waals surface area contributed by atoms with Gasteiger partial charge in [0.05, 0.1) is 5.56 Å². The summed E-state index contributed by atoms with van der Waals surface area (Å²) in [7, 11) is 0. The molecule has 47 heavy (non-hydrogen) atoms. The van der Waals surface area contributed by atoms with Crippen LogP contribution in [0.5, 0.6) is 0 Å². The van der Waals surface area contributed by atoms with E-state index in [2.05, 4.69) is 53.6 Å². The molecule has 0 fully saturated rings. The maximum Gasteiger partial charge on any atom is 0.417 e. The van der Waals surface area contributed by atoms with Crippen LogP contribution in [0.15, 0.2) is 121 Å². The normalized spacial score (nSPS) is 11.2. The second-order valence-electron chi connectivity index (χ2n) is 9.80. The Labute approximate surface area is 277 Å². The van der Waals surface area contributed by atoms with Gasteiger partial charge in [0.1, 0.15) is 23.0 Å². The van der Waals surface area contributed by atoms with Gasteiger partial charge in [0, 0.05) is 14.7 Å². The van der Waals surface area contributed by atoms with E-state index in [1.54, 1.807) is 48.5 Å². The second kappa shape index (κ2) is 13.5. The molecule has 0 saturated carbocycles. The van der Waals surface area contributed by atoms with Gasteiger partial charge in [0.2, 0.25) is 0 Å². The molecule has 0 aliphatic carbocycles. The van der Waals surface area contributed by atoms with Crippen LogP contribution in [0, 0.1) is 15.2 Å². The highest BCUT2D eigenvalue weighted by Gasteiger charge is 2.34. The van der Waals surface area contributed by atoms with Crippen LogP contribution in [0.2, 0.25) is 0 Å². The first-order chi connectivity index (χ1) is 22.7. The van der Waals surface area contributed by atoms with Gasteiger partial charge >= 0.3 is 6.18 Å². The summed E-state index contributed by atoms with van der Waals surface area (Å²) < 4.78 is 72.2. The van der Waals surface area contributed by atoms with Crippen molar-refractivity contribution in [2.24, 2.45) is 0 Å². The van der Waals surface area contributed by atoms with Crippen LogP contribution >= 0.6 is 22.6 Å². The van der Waals surface area contributed by atoms with E-state index in [0.717, 1.165) is 15.2 Å². The number of alkyl halides is 3. The number of aromatic nitrogens is 8. The summed E-state index contributed by atoms with van der Waals surface area (Å²) in [6.45, 7) is 0. The van der Waals surface area contributed by atoms with Crippen LogP contribution in [0.4, 0.5) is 22.0 Å². The Bertz CT molecular complexity index is 2100. The molecule has 14 heteroatoms. The molecule has 0 spiro atoms. The standard InChI is InChI=1S/C20H12F4N4.C13H8FIN4/c21-17-11-5-6-12-18(17)28-19(25-26-27-28)15-9-2-1-7-13(15)14-8-3-4-10-16(14)20(22,23)24;14-10-6-2-4-8-12(10)19-13(16-17-18-19)9-5-1-3-7-11(9)15/h1-12H;1-8H. The molecular weight excluding hydrogens is 730 g/mol. The third-order valence-corrected chi connectivity index (χ3v) is 7.85. The van der Waals surface area contributed by atoms with Crippen molar-refractivity contribution in [3.8, 4) is 45.3 Å². The second-order valence-corrected chi connectivity index (χ2v) is 11.0. The van der Waals surface area contributed by atoms with Crippen LogP contribution in [0.1, 0.15) is 5.56 Å². The van der Waals surface area contributed by atoms with Gasteiger partial charge in [-0.1, -0.05) is 84.9 Å². The zero-order valence-corrected chi connectivity index (χ0v) is 26.0. The maximum atomic E-state index is 14.2. The highest BCUT2D eigenvalue weighted by atomic mass is 127. The topological polar surface area (TPSA) is 87.2 Å². The molecule has 7 rings (SSSR count). The fourth-order valence-electron chi connectivity index (χ4n) is 4.80. The molecule has 0 aliphatic heterocycles. The minimum Gasteiger partial charge on any atom is -0.205 e. The third-order valence-electron chi connectivity index (χ3n) is 6.91. The Hall–Kier alpha value is -5.38. The number of nitrogens with zero attached hydrogens (tertiary/aromatic N) is 8. The minimum absolute atomic E-state index is 0.00585. The van der Waals surface area contributed by atoms with Crippen molar-refractivity contribution in [2.75, 3.05) is 0 Å². The van der Waals surface area contributed by atoms with Gasteiger partial charge in [0.15, 0.2) is 11.6 Å². The van der Waals surface area contributed by atoms with Crippen molar-refractivity contribution in [3.63, 3.8) is 0 Å². The first-order valence-electron chi connectivity index (χ1n) is 13.8. The zero-order valence-electron chi connectivity index (χ0n) is 23.9. The first kappa shape index (κ1) is 31.6. The predicted molar refractivity (Wildman–Crippen MR) is 172 cm³/mol. The fourth-order valence-corrected chi connectivity index (χ4v) is 5.43. The van der Waals surface area contributed by atoms with E-state index in [9.17, 15) is 22.0 Å². The molecule has 0 amide bonds. The third kappa shape index (κ3) is 6.63. The molecule has 7 aromatic rings.